The number of halogens is 3. The molecule has 0 radical (unpaired) electrons. The van der Waals surface area contributed by atoms with Crippen LogP contribution in [0.2, 0.25) is 0 Å². The van der Waals surface area contributed by atoms with Crippen LogP contribution >= 0.6 is 27.3 Å². The van der Waals surface area contributed by atoms with Gasteiger partial charge in [-0.2, -0.15) is 8.78 Å². The average Bonchev–Trinajstić information content (AvgIpc) is 3.05. The number of thiophene rings is 1. The lowest BCUT2D eigenvalue weighted by molar-refractivity contribution is -0.0498. The van der Waals surface area contributed by atoms with Gasteiger partial charge in [0, 0.05) is 44.1 Å². The minimum Gasteiger partial charge on any atom is -0.435 e. The second-order valence-electron chi connectivity index (χ2n) is 6.15. The van der Waals surface area contributed by atoms with Crippen molar-refractivity contribution >= 4 is 33.3 Å². The molecule has 146 valence electrons. The van der Waals surface area contributed by atoms with Gasteiger partial charge in [0.15, 0.2) is 0 Å². The summed E-state index contributed by atoms with van der Waals surface area (Å²) in [7, 11) is 0. The molecule has 1 fully saturated rings. The van der Waals surface area contributed by atoms with Crippen LogP contribution in [0.25, 0.3) is 0 Å². The van der Waals surface area contributed by atoms with Crippen molar-refractivity contribution in [3.8, 4) is 5.75 Å². The molecule has 1 aromatic heterocycles. The molecule has 2 aromatic rings. The Bertz CT molecular complexity index is 767. The topological polar surface area (TPSA) is 44.8 Å². The number of amides is 2. The van der Waals surface area contributed by atoms with Crippen molar-refractivity contribution < 1.29 is 18.3 Å². The van der Waals surface area contributed by atoms with E-state index in [2.05, 4.69) is 36.9 Å². The van der Waals surface area contributed by atoms with E-state index in [1.807, 2.05) is 6.07 Å². The number of carbonyl (C=O) groups excluding carboxylic acids is 1. The Morgan fingerprint density at radius 3 is 2.67 bits per heavy atom. The summed E-state index contributed by atoms with van der Waals surface area (Å²) in [5.41, 5.74) is 0.711. The first-order valence-corrected chi connectivity index (χ1v) is 10.1. The molecule has 1 N–H and O–H groups in total. The fourth-order valence-corrected chi connectivity index (χ4v) is 4.41. The van der Waals surface area contributed by atoms with Crippen LogP contribution in [0.5, 0.6) is 5.75 Å². The third-order valence-electron chi connectivity index (χ3n) is 4.24. The quantitative estimate of drug-likeness (QED) is 0.705. The van der Waals surface area contributed by atoms with Crippen molar-refractivity contribution in [2.24, 2.45) is 0 Å². The SMILES string of the molecule is O=C(NCc1cccc(OC(F)F)c1)N1CCN(Cc2ccc(Br)s2)CC1. The summed E-state index contributed by atoms with van der Waals surface area (Å²) in [6, 6.07) is 10.4. The second-order valence-corrected chi connectivity index (χ2v) is 8.70. The molecule has 0 saturated carbocycles. The number of alkyl halides is 2. The molecular formula is C18H20BrF2N3O2S. The van der Waals surface area contributed by atoms with Crippen molar-refractivity contribution in [2.45, 2.75) is 19.7 Å². The van der Waals surface area contributed by atoms with E-state index in [1.54, 1.807) is 28.4 Å². The number of rotatable bonds is 6. The summed E-state index contributed by atoms with van der Waals surface area (Å²) in [4.78, 5) is 17.7. The van der Waals surface area contributed by atoms with Gasteiger partial charge in [-0.3, -0.25) is 4.90 Å². The Hall–Kier alpha value is -1.71. The average molecular weight is 460 g/mol. The molecule has 5 nitrogen and oxygen atoms in total. The van der Waals surface area contributed by atoms with Crippen LogP contribution in [0.3, 0.4) is 0 Å². The Morgan fingerprint density at radius 1 is 1.22 bits per heavy atom. The number of benzene rings is 1. The van der Waals surface area contributed by atoms with Gasteiger partial charge in [-0.1, -0.05) is 12.1 Å². The van der Waals surface area contributed by atoms with Gasteiger partial charge in [-0.15, -0.1) is 11.3 Å². The van der Waals surface area contributed by atoms with Crippen molar-refractivity contribution in [3.05, 3.63) is 50.6 Å². The molecule has 27 heavy (non-hydrogen) atoms. The third kappa shape index (κ3) is 6.15. The lowest BCUT2D eigenvalue weighted by atomic mass is 10.2. The summed E-state index contributed by atoms with van der Waals surface area (Å²) in [5, 5.41) is 2.84. The number of piperazine rings is 1. The number of hydrogen-bond acceptors (Lipinski definition) is 4. The smallest absolute Gasteiger partial charge is 0.387 e. The predicted molar refractivity (Wildman–Crippen MR) is 104 cm³/mol. The van der Waals surface area contributed by atoms with Gasteiger partial charge in [0.25, 0.3) is 0 Å². The normalized spacial score (nSPS) is 15.2. The van der Waals surface area contributed by atoms with Gasteiger partial charge >= 0.3 is 12.6 Å². The van der Waals surface area contributed by atoms with E-state index in [4.69, 9.17) is 0 Å². The molecule has 9 heteroatoms. The Labute approximate surface area is 169 Å². The number of carbonyl (C=O) groups is 1. The predicted octanol–water partition coefficient (Wildman–Crippen LogP) is 4.14. The second kappa shape index (κ2) is 9.48. The maximum atomic E-state index is 12.3. The van der Waals surface area contributed by atoms with Crippen molar-refractivity contribution in [2.75, 3.05) is 26.2 Å². The van der Waals surface area contributed by atoms with Crippen LogP contribution in [0.15, 0.2) is 40.2 Å². The van der Waals surface area contributed by atoms with Crippen molar-refractivity contribution in [3.63, 3.8) is 0 Å². The molecule has 0 bridgehead atoms. The van der Waals surface area contributed by atoms with Crippen molar-refractivity contribution in [1.82, 2.24) is 15.1 Å². The molecule has 1 aromatic carbocycles. The standard InChI is InChI=1S/C18H20BrF2N3O2S/c19-16-5-4-15(27-16)12-23-6-8-24(9-7-23)18(25)22-11-13-2-1-3-14(10-13)26-17(20)21/h1-5,10,17H,6-9,11-12H2,(H,22,25). The molecule has 0 atom stereocenters. The fourth-order valence-electron chi connectivity index (χ4n) is 2.89. The zero-order chi connectivity index (χ0) is 19.2. The largest absolute Gasteiger partial charge is 0.435 e. The summed E-state index contributed by atoms with van der Waals surface area (Å²) in [5.74, 6) is 0.0885. The van der Waals surface area contributed by atoms with Crippen LogP contribution in [0.1, 0.15) is 10.4 Å². The number of ether oxygens (including phenoxy) is 1. The maximum Gasteiger partial charge on any atom is 0.387 e. The molecular weight excluding hydrogens is 440 g/mol. The zero-order valence-electron chi connectivity index (χ0n) is 14.5. The molecule has 2 heterocycles. The highest BCUT2D eigenvalue weighted by molar-refractivity contribution is 9.11. The van der Waals surface area contributed by atoms with Gasteiger partial charge in [-0.25, -0.2) is 4.79 Å². The molecule has 3 rings (SSSR count). The highest BCUT2D eigenvalue weighted by Crippen LogP contribution is 2.23. The van der Waals surface area contributed by atoms with E-state index in [0.29, 0.717) is 18.7 Å². The Kier molecular flexibility index (Phi) is 7.03. The summed E-state index contributed by atoms with van der Waals surface area (Å²) < 4.78 is 30.1. The molecule has 2 amide bonds. The Morgan fingerprint density at radius 2 is 2.00 bits per heavy atom. The lowest BCUT2D eigenvalue weighted by Gasteiger charge is -2.34. The lowest BCUT2D eigenvalue weighted by Crippen LogP contribution is -2.51. The number of nitrogens with zero attached hydrogens (tertiary/aromatic N) is 2. The number of urea groups is 1. The third-order valence-corrected chi connectivity index (χ3v) is 5.84. The first-order chi connectivity index (χ1) is 13.0. The van der Waals surface area contributed by atoms with Crippen molar-refractivity contribution in [1.29, 1.82) is 0 Å². The summed E-state index contributed by atoms with van der Waals surface area (Å²) >= 11 is 5.20. The van der Waals surface area contributed by atoms with Crippen LogP contribution in [-0.4, -0.2) is 48.6 Å². The van der Waals surface area contributed by atoms with E-state index < -0.39 is 6.61 Å². The van der Waals surface area contributed by atoms with Gasteiger partial charge in [0.05, 0.1) is 3.79 Å². The minimum absolute atomic E-state index is 0.0885. The monoisotopic (exact) mass is 459 g/mol. The molecule has 1 aliphatic rings. The number of nitrogens with one attached hydrogen (secondary N) is 1. The minimum atomic E-state index is -2.86. The van der Waals surface area contributed by atoms with Gasteiger partial charge in [0.1, 0.15) is 5.75 Å². The molecule has 1 aliphatic heterocycles. The van der Waals surface area contributed by atoms with Crippen LogP contribution in [-0.2, 0) is 13.1 Å². The zero-order valence-corrected chi connectivity index (χ0v) is 16.9. The summed E-state index contributed by atoms with van der Waals surface area (Å²) in [6.07, 6.45) is 0. The highest BCUT2D eigenvalue weighted by atomic mass is 79.9. The molecule has 0 aliphatic carbocycles. The van der Waals surface area contributed by atoms with Crippen LogP contribution in [0, 0.1) is 0 Å². The van der Waals surface area contributed by atoms with Gasteiger partial charge < -0.3 is 15.0 Å². The van der Waals surface area contributed by atoms with Gasteiger partial charge in [-0.05, 0) is 45.8 Å². The molecule has 0 unspecified atom stereocenters. The molecule has 1 saturated heterocycles. The van der Waals surface area contributed by atoms with Crippen LogP contribution < -0.4 is 10.1 Å². The van der Waals surface area contributed by atoms with E-state index in [1.165, 1.54) is 17.0 Å². The molecule has 0 spiro atoms. The first-order valence-electron chi connectivity index (χ1n) is 8.53. The fraction of sp³-hybridized carbons (Fsp3) is 0.389. The number of hydrogen-bond donors (Lipinski definition) is 1. The highest BCUT2D eigenvalue weighted by Gasteiger charge is 2.21. The van der Waals surface area contributed by atoms with Crippen LogP contribution in [0.4, 0.5) is 13.6 Å². The first kappa shape index (κ1) is 20.0. The summed E-state index contributed by atoms with van der Waals surface area (Å²) in [6.45, 7) is 1.26. The Balaban J connectivity index is 1.43. The van der Waals surface area contributed by atoms with E-state index in [-0.39, 0.29) is 18.3 Å². The van der Waals surface area contributed by atoms with Gasteiger partial charge in [0.2, 0.25) is 0 Å². The van der Waals surface area contributed by atoms with E-state index in [0.717, 1.165) is 23.4 Å². The van der Waals surface area contributed by atoms with E-state index in [9.17, 15) is 13.6 Å². The maximum absolute atomic E-state index is 12.3. The van der Waals surface area contributed by atoms with E-state index >= 15 is 0 Å².